The molecule has 0 saturated carbocycles. The van der Waals surface area contributed by atoms with Crippen molar-refractivity contribution in [3.8, 4) is 0 Å². The topological polar surface area (TPSA) is 24.9 Å². The van der Waals surface area contributed by atoms with Gasteiger partial charge in [-0.05, 0) is 41.1 Å². The van der Waals surface area contributed by atoms with Crippen molar-refractivity contribution in [3.05, 3.63) is 58.6 Å². The van der Waals surface area contributed by atoms with E-state index in [0.29, 0.717) is 5.56 Å². The maximum atomic E-state index is 13.6. The molecule has 1 atom stereocenters. The summed E-state index contributed by atoms with van der Waals surface area (Å²) in [6, 6.07) is 10.4. The zero-order valence-electron chi connectivity index (χ0n) is 9.32. The molecule has 1 unspecified atom stereocenters. The first-order valence-corrected chi connectivity index (χ1v) is 6.09. The highest BCUT2D eigenvalue weighted by atomic mass is 79.9. The molecular weight excluding hydrogens is 283 g/mol. The van der Waals surface area contributed by atoms with Crippen molar-refractivity contribution in [2.75, 3.05) is 5.32 Å². The third kappa shape index (κ3) is 2.82. The van der Waals surface area contributed by atoms with Crippen LogP contribution in [0.15, 0.2) is 47.2 Å². The van der Waals surface area contributed by atoms with Crippen LogP contribution in [-0.2, 0) is 0 Å². The van der Waals surface area contributed by atoms with Gasteiger partial charge in [-0.15, -0.1) is 0 Å². The molecule has 17 heavy (non-hydrogen) atoms. The van der Waals surface area contributed by atoms with Crippen molar-refractivity contribution < 1.29 is 4.39 Å². The normalized spacial score (nSPS) is 12.2. The van der Waals surface area contributed by atoms with E-state index in [1.165, 1.54) is 6.07 Å². The standard InChI is InChI=1S/C13H12BrFN2/c1-9(10-5-2-3-6-11(10)15)17-12-7-4-8-16-13(12)14/h2-9,17H,1H3. The Hall–Kier alpha value is -1.42. The molecule has 0 saturated heterocycles. The van der Waals surface area contributed by atoms with Crippen molar-refractivity contribution in [2.24, 2.45) is 0 Å². The van der Waals surface area contributed by atoms with Gasteiger partial charge in [-0.3, -0.25) is 0 Å². The van der Waals surface area contributed by atoms with Gasteiger partial charge in [0.1, 0.15) is 10.4 Å². The lowest BCUT2D eigenvalue weighted by molar-refractivity contribution is 0.600. The second kappa shape index (κ2) is 5.27. The molecule has 1 aromatic carbocycles. The summed E-state index contributed by atoms with van der Waals surface area (Å²) in [5.41, 5.74) is 1.49. The Morgan fingerprint density at radius 1 is 1.24 bits per heavy atom. The molecule has 0 aliphatic carbocycles. The second-order valence-electron chi connectivity index (χ2n) is 3.73. The van der Waals surface area contributed by atoms with E-state index in [4.69, 9.17) is 0 Å². The smallest absolute Gasteiger partial charge is 0.129 e. The number of aromatic nitrogens is 1. The molecule has 0 aliphatic rings. The van der Waals surface area contributed by atoms with Gasteiger partial charge in [-0.1, -0.05) is 18.2 Å². The molecule has 1 N–H and O–H groups in total. The average molecular weight is 295 g/mol. The summed E-state index contributed by atoms with van der Waals surface area (Å²) < 4.78 is 14.3. The molecule has 0 fully saturated rings. The van der Waals surface area contributed by atoms with Crippen LogP contribution in [0.4, 0.5) is 10.1 Å². The van der Waals surface area contributed by atoms with Gasteiger partial charge < -0.3 is 5.32 Å². The number of anilines is 1. The summed E-state index contributed by atoms with van der Waals surface area (Å²) in [6.07, 6.45) is 1.70. The van der Waals surface area contributed by atoms with Gasteiger partial charge in [-0.2, -0.15) is 0 Å². The van der Waals surface area contributed by atoms with Crippen LogP contribution < -0.4 is 5.32 Å². The summed E-state index contributed by atoms with van der Waals surface area (Å²) in [6.45, 7) is 1.91. The predicted octanol–water partition coefficient (Wildman–Crippen LogP) is 4.16. The maximum absolute atomic E-state index is 13.6. The van der Waals surface area contributed by atoms with Crippen LogP contribution in [-0.4, -0.2) is 4.98 Å². The van der Waals surface area contributed by atoms with E-state index >= 15 is 0 Å². The Balaban J connectivity index is 2.20. The van der Waals surface area contributed by atoms with Gasteiger partial charge in [0.05, 0.1) is 11.7 Å². The molecule has 0 amide bonds. The van der Waals surface area contributed by atoms with Crippen molar-refractivity contribution in [3.63, 3.8) is 0 Å². The lowest BCUT2D eigenvalue weighted by atomic mass is 10.1. The number of hydrogen-bond acceptors (Lipinski definition) is 2. The first kappa shape index (κ1) is 12.0. The maximum Gasteiger partial charge on any atom is 0.129 e. The van der Waals surface area contributed by atoms with Crippen LogP contribution in [0.5, 0.6) is 0 Å². The van der Waals surface area contributed by atoms with Crippen LogP contribution in [0, 0.1) is 5.82 Å². The monoisotopic (exact) mass is 294 g/mol. The minimum Gasteiger partial charge on any atom is -0.376 e. The number of hydrogen-bond donors (Lipinski definition) is 1. The molecule has 0 spiro atoms. The minimum atomic E-state index is -0.201. The van der Waals surface area contributed by atoms with Gasteiger partial charge >= 0.3 is 0 Å². The summed E-state index contributed by atoms with van der Waals surface area (Å²) in [5, 5.41) is 3.22. The highest BCUT2D eigenvalue weighted by Gasteiger charge is 2.11. The van der Waals surface area contributed by atoms with E-state index < -0.39 is 0 Å². The molecule has 4 heteroatoms. The number of rotatable bonds is 3. The zero-order chi connectivity index (χ0) is 12.3. The highest BCUT2D eigenvalue weighted by Crippen LogP contribution is 2.25. The SMILES string of the molecule is CC(Nc1cccnc1Br)c1ccccc1F. The van der Waals surface area contributed by atoms with Crippen molar-refractivity contribution >= 4 is 21.6 Å². The molecule has 1 heterocycles. The Bertz CT molecular complexity index is 516. The number of nitrogens with one attached hydrogen (secondary N) is 1. The molecule has 88 valence electrons. The Morgan fingerprint density at radius 2 is 2.00 bits per heavy atom. The van der Waals surface area contributed by atoms with Crippen LogP contribution in [0.2, 0.25) is 0 Å². The summed E-state index contributed by atoms with van der Waals surface area (Å²) in [7, 11) is 0. The van der Waals surface area contributed by atoms with Crippen LogP contribution >= 0.6 is 15.9 Å². The quantitative estimate of drug-likeness (QED) is 0.860. The Labute approximate surface area is 108 Å². The molecule has 0 radical (unpaired) electrons. The molecule has 0 bridgehead atoms. The van der Waals surface area contributed by atoms with Gasteiger partial charge in [0.2, 0.25) is 0 Å². The lowest BCUT2D eigenvalue weighted by Gasteiger charge is -2.16. The third-order valence-electron chi connectivity index (χ3n) is 2.50. The first-order valence-electron chi connectivity index (χ1n) is 5.30. The van der Waals surface area contributed by atoms with E-state index in [1.807, 2.05) is 25.1 Å². The Kier molecular flexibility index (Phi) is 3.74. The first-order chi connectivity index (χ1) is 8.18. The molecular formula is C13H12BrFN2. The van der Waals surface area contributed by atoms with Crippen molar-refractivity contribution in [2.45, 2.75) is 13.0 Å². The van der Waals surface area contributed by atoms with Crippen LogP contribution in [0.1, 0.15) is 18.5 Å². The molecule has 2 aromatic rings. The van der Waals surface area contributed by atoms with Crippen LogP contribution in [0.3, 0.4) is 0 Å². The average Bonchev–Trinajstić information content (AvgIpc) is 2.32. The zero-order valence-corrected chi connectivity index (χ0v) is 10.9. The summed E-state index contributed by atoms with van der Waals surface area (Å²) >= 11 is 3.35. The van der Waals surface area contributed by atoms with Gasteiger partial charge in [0, 0.05) is 11.8 Å². The van der Waals surface area contributed by atoms with Gasteiger partial charge in [0.25, 0.3) is 0 Å². The molecule has 2 nitrogen and oxygen atoms in total. The fourth-order valence-corrected chi connectivity index (χ4v) is 2.00. The molecule has 0 aliphatic heterocycles. The molecule has 2 rings (SSSR count). The number of pyridine rings is 1. The van der Waals surface area contributed by atoms with Crippen molar-refractivity contribution in [1.82, 2.24) is 4.98 Å². The van der Waals surface area contributed by atoms with E-state index in [0.717, 1.165) is 10.3 Å². The van der Waals surface area contributed by atoms with E-state index in [-0.39, 0.29) is 11.9 Å². The second-order valence-corrected chi connectivity index (χ2v) is 4.48. The molecule has 1 aromatic heterocycles. The summed E-state index contributed by atoms with van der Waals surface area (Å²) in [5.74, 6) is -0.201. The largest absolute Gasteiger partial charge is 0.376 e. The van der Waals surface area contributed by atoms with E-state index in [2.05, 4.69) is 26.2 Å². The highest BCUT2D eigenvalue weighted by molar-refractivity contribution is 9.10. The third-order valence-corrected chi connectivity index (χ3v) is 3.13. The summed E-state index contributed by atoms with van der Waals surface area (Å²) in [4.78, 5) is 4.11. The predicted molar refractivity (Wildman–Crippen MR) is 70.4 cm³/mol. The minimum absolute atomic E-state index is 0.114. The van der Waals surface area contributed by atoms with E-state index in [1.54, 1.807) is 18.3 Å². The van der Waals surface area contributed by atoms with Crippen LogP contribution in [0.25, 0.3) is 0 Å². The van der Waals surface area contributed by atoms with E-state index in [9.17, 15) is 4.39 Å². The lowest BCUT2D eigenvalue weighted by Crippen LogP contribution is -2.09. The Morgan fingerprint density at radius 3 is 2.71 bits per heavy atom. The van der Waals surface area contributed by atoms with Gasteiger partial charge in [0.15, 0.2) is 0 Å². The fraction of sp³-hybridized carbons (Fsp3) is 0.154. The number of halogens is 2. The van der Waals surface area contributed by atoms with Gasteiger partial charge in [-0.25, -0.2) is 9.37 Å². The number of benzene rings is 1. The number of nitrogens with zero attached hydrogens (tertiary/aromatic N) is 1. The fourth-order valence-electron chi connectivity index (χ4n) is 1.63. The van der Waals surface area contributed by atoms with Crippen molar-refractivity contribution in [1.29, 1.82) is 0 Å².